The predicted octanol–water partition coefficient (Wildman–Crippen LogP) is 3.54. The van der Waals surface area contributed by atoms with E-state index < -0.39 is 0 Å². The highest BCUT2D eigenvalue weighted by Crippen LogP contribution is 2.24. The van der Waals surface area contributed by atoms with Crippen molar-refractivity contribution in [3.63, 3.8) is 0 Å². The minimum absolute atomic E-state index is 0.666. The average molecular weight is 287 g/mol. The first-order valence-corrected chi connectivity index (χ1v) is 7.37. The van der Waals surface area contributed by atoms with Gasteiger partial charge in [-0.3, -0.25) is 0 Å². The molecule has 0 N–H and O–H groups in total. The molecule has 0 saturated heterocycles. The van der Waals surface area contributed by atoms with E-state index >= 15 is 0 Å². The molecule has 3 aromatic rings. The van der Waals surface area contributed by atoms with Crippen LogP contribution in [0.5, 0.6) is 0 Å². The van der Waals surface area contributed by atoms with Gasteiger partial charge in [0.25, 0.3) is 0 Å². The largest absolute Gasteiger partial charge is 0.301 e. The molecule has 0 aliphatic heterocycles. The first-order valence-electron chi connectivity index (χ1n) is 6.04. The molecule has 3 nitrogen and oxygen atoms in total. The van der Waals surface area contributed by atoms with Gasteiger partial charge >= 0.3 is 0 Å². The Kier molecular flexibility index (Phi) is 3.66. The van der Waals surface area contributed by atoms with Crippen LogP contribution in [0.25, 0.3) is 10.7 Å². The summed E-state index contributed by atoms with van der Waals surface area (Å²) in [5.74, 6) is 0.899. The van der Waals surface area contributed by atoms with E-state index in [9.17, 15) is 0 Å². The molecule has 1 aromatic carbocycles. The summed E-state index contributed by atoms with van der Waals surface area (Å²) in [6.45, 7) is 0.836. The van der Waals surface area contributed by atoms with E-state index in [2.05, 4.69) is 57.7 Å². The van der Waals surface area contributed by atoms with E-state index in [1.807, 2.05) is 17.5 Å². The van der Waals surface area contributed by atoms with E-state index in [-0.39, 0.29) is 0 Å². The Morgan fingerprint density at radius 3 is 2.63 bits per heavy atom. The molecule has 0 amide bonds. The maximum atomic E-state index is 4.39. The van der Waals surface area contributed by atoms with Crippen molar-refractivity contribution >= 4 is 24.0 Å². The predicted molar refractivity (Wildman–Crippen MR) is 80.7 cm³/mol. The monoisotopic (exact) mass is 287 g/mol. The molecule has 96 valence electrons. The lowest BCUT2D eigenvalue weighted by Gasteiger charge is -2.07. The van der Waals surface area contributed by atoms with Gasteiger partial charge in [0.05, 0.1) is 4.88 Å². The summed E-state index contributed by atoms with van der Waals surface area (Å²) < 4.78 is 2.06. The van der Waals surface area contributed by atoms with Crippen molar-refractivity contribution < 1.29 is 0 Å². The average Bonchev–Trinajstić information content (AvgIpc) is 3.07. The first kappa shape index (κ1) is 12.4. The molecule has 5 heteroatoms. The minimum atomic E-state index is 0.666. The Morgan fingerprint density at radius 1 is 1.05 bits per heavy atom. The number of benzene rings is 1. The van der Waals surface area contributed by atoms with Crippen LogP contribution in [0.1, 0.15) is 5.56 Å². The Balaban J connectivity index is 1.83. The van der Waals surface area contributed by atoms with Crippen LogP contribution in [-0.2, 0) is 13.0 Å². The number of thiol groups is 1. The summed E-state index contributed by atoms with van der Waals surface area (Å²) >= 11 is 6.06. The lowest BCUT2D eigenvalue weighted by molar-refractivity contribution is 0.642. The number of nitrogens with zero attached hydrogens (tertiary/aromatic N) is 3. The molecular formula is C14H13N3S2. The van der Waals surface area contributed by atoms with Crippen LogP contribution >= 0.6 is 24.0 Å². The molecule has 2 heterocycles. The third-order valence-electron chi connectivity index (χ3n) is 2.94. The number of aryl methyl sites for hydroxylation is 1. The lowest BCUT2D eigenvalue weighted by Crippen LogP contribution is -2.03. The molecule has 0 atom stereocenters. The van der Waals surface area contributed by atoms with Gasteiger partial charge in [-0.05, 0) is 23.4 Å². The fourth-order valence-corrected chi connectivity index (χ4v) is 2.93. The molecule has 0 unspecified atom stereocenters. The second kappa shape index (κ2) is 5.59. The lowest BCUT2D eigenvalue weighted by atomic mass is 10.1. The molecule has 0 spiro atoms. The van der Waals surface area contributed by atoms with Crippen molar-refractivity contribution in [2.75, 3.05) is 0 Å². The highest BCUT2D eigenvalue weighted by Gasteiger charge is 2.12. The van der Waals surface area contributed by atoms with Crippen LogP contribution in [0, 0.1) is 0 Å². The Morgan fingerprint density at radius 2 is 1.89 bits per heavy atom. The minimum Gasteiger partial charge on any atom is -0.301 e. The van der Waals surface area contributed by atoms with Crippen LogP contribution in [-0.4, -0.2) is 14.8 Å². The number of hydrogen-bond donors (Lipinski definition) is 1. The van der Waals surface area contributed by atoms with Crippen LogP contribution < -0.4 is 0 Å². The molecule has 0 fully saturated rings. The standard InChI is InChI=1S/C14H13N3S2/c18-14-16-15-13(12-7-4-10-19-12)17(14)9-8-11-5-2-1-3-6-11/h1-7,10H,8-9H2,(H,16,18). The fraction of sp³-hybridized carbons (Fsp3) is 0.143. The van der Waals surface area contributed by atoms with E-state index in [0.717, 1.165) is 23.7 Å². The number of rotatable bonds is 4. The third-order valence-corrected chi connectivity index (χ3v) is 4.14. The van der Waals surface area contributed by atoms with Gasteiger partial charge < -0.3 is 4.57 Å². The van der Waals surface area contributed by atoms with Crippen LogP contribution in [0.3, 0.4) is 0 Å². The molecule has 0 aliphatic carbocycles. The normalized spacial score (nSPS) is 10.8. The first-order chi connectivity index (χ1) is 9.34. The van der Waals surface area contributed by atoms with Gasteiger partial charge in [-0.2, -0.15) is 0 Å². The summed E-state index contributed by atoms with van der Waals surface area (Å²) in [4.78, 5) is 1.13. The van der Waals surface area contributed by atoms with Crippen molar-refractivity contribution in [3.8, 4) is 10.7 Å². The van der Waals surface area contributed by atoms with E-state index in [0.29, 0.717) is 5.16 Å². The zero-order valence-corrected chi connectivity index (χ0v) is 11.9. The number of thiophene rings is 1. The molecule has 0 bridgehead atoms. The van der Waals surface area contributed by atoms with Gasteiger partial charge in [-0.1, -0.05) is 36.4 Å². The third kappa shape index (κ3) is 2.72. The molecule has 2 aromatic heterocycles. The SMILES string of the molecule is Sc1nnc(-c2cccs2)n1CCc1ccccc1. The van der Waals surface area contributed by atoms with Crippen LogP contribution in [0.15, 0.2) is 53.0 Å². The van der Waals surface area contributed by atoms with Crippen LogP contribution in [0.4, 0.5) is 0 Å². The summed E-state index contributed by atoms with van der Waals surface area (Å²) in [6, 6.07) is 14.5. The quantitative estimate of drug-likeness (QED) is 0.744. The summed E-state index contributed by atoms with van der Waals surface area (Å²) in [5.41, 5.74) is 1.31. The molecule has 19 heavy (non-hydrogen) atoms. The maximum absolute atomic E-state index is 4.39. The highest BCUT2D eigenvalue weighted by molar-refractivity contribution is 7.80. The van der Waals surface area contributed by atoms with Gasteiger partial charge in [0.1, 0.15) is 0 Å². The van der Waals surface area contributed by atoms with E-state index in [1.165, 1.54) is 5.56 Å². The smallest absolute Gasteiger partial charge is 0.188 e. The Labute approximate surface area is 121 Å². The Hall–Kier alpha value is -1.59. The van der Waals surface area contributed by atoms with Crippen molar-refractivity contribution in [2.24, 2.45) is 0 Å². The summed E-state index contributed by atoms with van der Waals surface area (Å²) in [7, 11) is 0. The zero-order chi connectivity index (χ0) is 13.1. The fourth-order valence-electron chi connectivity index (χ4n) is 1.97. The highest BCUT2D eigenvalue weighted by atomic mass is 32.1. The van der Waals surface area contributed by atoms with Crippen molar-refractivity contribution in [3.05, 3.63) is 53.4 Å². The number of aromatic nitrogens is 3. The molecule has 3 rings (SSSR count). The van der Waals surface area contributed by atoms with Gasteiger partial charge in [0, 0.05) is 6.54 Å². The van der Waals surface area contributed by atoms with Crippen molar-refractivity contribution in [2.45, 2.75) is 18.1 Å². The molecule has 0 radical (unpaired) electrons. The molecule has 0 aliphatic rings. The van der Waals surface area contributed by atoms with Crippen molar-refractivity contribution in [1.82, 2.24) is 14.8 Å². The van der Waals surface area contributed by atoms with Crippen LogP contribution in [0.2, 0.25) is 0 Å². The van der Waals surface area contributed by atoms with Gasteiger partial charge in [-0.25, -0.2) is 0 Å². The molecular weight excluding hydrogens is 274 g/mol. The molecule has 0 saturated carbocycles. The zero-order valence-electron chi connectivity index (χ0n) is 10.2. The van der Waals surface area contributed by atoms with Crippen molar-refractivity contribution in [1.29, 1.82) is 0 Å². The second-order valence-electron chi connectivity index (χ2n) is 4.19. The van der Waals surface area contributed by atoms with E-state index in [4.69, 9.17) is 0 Å². The topological polar surface area (TPSA) is 30.7 Å². The maximum Gasteiger partial charge on any atom is 0.188 e. The van der Waals surface area contributed by atoms with E-state index in [1.54, 1.807) is 11.3 Å². The van der Waals surface area contributed by atoms with Gasteiger partial charge in [0.15, 0.2) is 11.0 Å². The number of hydrogen-bond acceptors (Lipinski definition) is 4. The summed E-state index contributed by atoms with van der Waals surface area (Å²) in [5, 5.41) is 11.0. The van der Waals surface area contributed by atoms with Gasteiger partial charge in [-0.15, -0.1) is 34.2 Å². The second-order valence-corrected chi connectivity index (χ2v) is 5.54. The van der Waals surface area contributed by atoms with Gasteiger partial charge in [0.2, 0.25) is 0 Å². The summed E-state index contributed by atoms with van der Waals surface area (Å²) in [6.07, 6.45) is 0.949. The Bertz CT molecular complexity index is 645.